The Kier molecular flexibility index (Phi) is 7.01. The number of nitrogens with two attached hydrogens (primary N) is 1. The van der Waals surface area contributed by atoms with E-state index in [0.29, 0.717) is 11.9 Å². The Morgan fingerprint density at radius 2 is 2.24 bits per heavy atom. The maximum atomic E-state index is 5.76. The van der Waals surface area contributed by atoms with E-state index in [1.807, 2.05) is 0 Å². The highest BCUT2D eigenvalue weighted by molar-refractivity contribution is 5.77. The van der Waals surface area contributed by atoms with Crippen molar-refractivity contribution in [3.63, 3.8) is 0 Å². The third kappa shape index (κ3) is 7.21. The van der Waals surface area contributed by atoms with Gasteiger partial charge in [-0.2, -0.15) is 0 Å². The van der Waals surface area contributed by atoms with E-state index in [1.54, 1.807) is 0 Å². The first-order valence-corrected chi connectivity index (χ1v) is 6.80. The zero-order valence-corrected chi connectivity index (χ0v) is 11.2. The minimum atomic E-state index is 0.584. The van der Waals surface area contributed by atoms with Gasteiger partial charge in [-0.3, -0.25) is 4.99 Å². The molecule has 0 bridgehead atoms. The molecule has 0 atom stereocenters. The zero-order valence-electron chi connectivity index (χ0n) is 11.2. The van der Waals surface area contributed by atoms with Gasteiger partial charge in [-0.05, 0) is 31.1 Å². The van der Waals surface area contributed by atoms with E-state index < -0.39 is 0 Å². The van der Waals surface area contributed by atoms with Crippen molar-refractivity contribution in [2.45, 2.75) is 39.5 Å². The third-order valence-corrected chi connectivity index (χ3v) is 2.97. The Morgan fingerprint density at radius 1 is 1.47 bits per heavy atom. The van der Waals surface area contributed by atoms with Crippen LogP contribution in [0.4, 0.5) is 0 Å². The van der Waals surface area contributed by atoms with Gasteiger partial charge in [0.25, 0.3) is 0 Å². The number of rotatable bonds is 8. The maximum Gasteiger partial charge on any atom is 0.188 e. The highest BCUT2D eigenvalue weighted by atomic mass is 16.5. The molecule has 0 radical (unpaired) electrons. The van der Waals surface area contributed by atoms with Crippen molar-refractivity contribution >= 4 is 5.96 Å². The predicted molar refractivity (Wildman–Crippen MR) is 72.1 cm³/mol. The van der Waals surface area contributed by atoms with E-state index in [-0.39, 0.29) is 0 Å². The number of aliphatic imine (C=N–C) groups is 1. The number of nitrogens with zero attached hydrogens (tertiary/aromatic N) is 1. The quantitative estimate of drug-likeness (QED) is 0.387. The lowest BCUT2D eigenvalue weighted by Crippen LogP contribution is -2.33. The summed E-state index contributed by atoms with van der Waals surface area (Å²) in [6, 6.07) is 0. The highest BCUT2D eigenvalue weighted by Gasteiger charge is 2.16. The van der Waals surface area contributed by atoms with Crippen LogP contribution in [0.3, 0.4) is 0 Å². The molecule has 1 rings (SSSR count). The van der Waals surface area contributed by atoms with Crippen molar-refractivity contribution in [2.24, 2.45) is 22.6 Å². The molecule has 17 heavy (non-hydrogen) atoms. The van der Waals surface area contributed by atoms with Gasteiger partial charge in [0.15, 0.2) is 5.96 Å². The minimum Gasteiger partial charge on any atom is -0.381 e. The van der Waals surface area contributed by atoms with Gasteiger partial charge in [-0.1, -0.05) is 20.3 Å². The van der Waals surface area contributed by atoms with E-state index in [2.05, 4.69) is 24.2 Å². The summed E-state index contributed by atoms with van der Waals surface area (Å²) in [5.41, 5.74) is 5.76. The summed E-state index contributed by atoms with van der Waals surface area (Å²) < 4.78 is 5.48. The first-order valence-electron chi connectivity index (χ1n) is 6.80. The van der Waals surface area contributed by atoms with Crippen molar-refractivity contribution in [1.82, 2.24) is 5.32 Å². The molecule has 0 aromatic carbocycles. The second-order valence-electron chi connectivity index (χ2n) is 5.27. The summed E-state index contributed by atoms with van der Waals surface area (Å²) in [5, 5.41) is 3.12. The van der Waals surface area contributed by atoms with Crippen LogP contribution in [0.2, 0.25) is 0 Å². The van der Waals surface area contributed by atoms with E-state index in [1.165, 1.54) is 19.3 Å². The Balaban J connectivity index is 1.90. The third-order valence-electron chi connectivity index (χ3n) is 2.97. The van der Waals surface area contributed by atoms with Gasteiger partial charge in [0.05, 0.1) is 0 Å². The van der Waals surface area contributed by atoms with Crippen molar-refractivity contribution in [3.05, 3.63) is 0 Å². The van der Waals surface area contributed by atoms with Gasteiger partial charge < -0.3 is 15.8 Å². The Hall–Kier alpha value is -0.770. The molecule has 0 amide bonds. The SMILES string of the molecule is CC(C)COCCCNC(N)=NCC1CCC1. The molecule has 4 nitrogen and oxygen atoms in total. The zero-order chi connectivity index (χ0) is 12.5. The number of ether oxygens (including phenoxy) is 1. The molecular weight excluding hydrogens is 214 g/mol. The van der Waals surface area contributed by atoms with Gasteiger partial charge in [-0.15, -0.1) is 0 Å². The van der Waals surface area contributed by atoms with Crippen LogP contribution in [0.1, 0.15) is 39.5 Å². The fourth-order valence-corrected chi connectivity index (χ4v) is 1.67. The number of guanidine groups is 1. The van der Waals surface area contributed by atoms with Crippen LogP contribution < -0.4 is 11.1 Å². The standard InChI is InChI=1S/C13H27N3O/c1-11(2)10-17-8-4-7-15-13(14)16-9-12-5-3-6-12/h11-12H,3-10H2,1-2H3,(H3,14,15,16). The molecule has 1 fully saturated rings. The van der Waals surface area contributed by atoms with Crippen molar-refractivity contribution < 1.29 is 4.74 Å². The highest BCUT2D eigenvalue weighted by Crippen LogP contribution is 2.26. The molecule has 1 saturated carbocycles. The van der Waals surface area contributed by atoms with E-state index in [0.717, 1.165) is 38.6 Å². The summed E-state index contributed by atoms with van der Waals surface area (Å²) in [6.07, 6.45) is 4.98. The predicted octanol–water partition coefficient (Wildman–Crippen LogP) is 1.75. The molecule has 3 N–H and O–H groups in total. The molecule has 0 heterocycles. The molecular formula is C13H27N3O. The Bertz CT molecular complexity index is 225. The van der Waals surface area contributed by atoms with Crippen LogP contribution in [0.15, 0.2) is 4.99 Å². The first-order chi connectivity index (χ1) is 8.18. The van der Waals surface area contributed by atoms with E-state index in [4.69, 9.17) is 10.5 Å². The van der Waals surface area contributed by atoms with Crippen molar-refractivity contribution in [2.75, 3.05) is 26.3 Å². The second-order valence-corrected chi connectivity index (χ2v) is 5.27. The molecule has 0 saturated heterocycles. The monoisotopic (exact) mass is 241 g/mol. The fourth-order valence-electron chi connectivity index (χ4n) is 1.67. The maximum absolute atomic E-state index is 5.76. The van der Waals surface area contributed by atoms with Crippen LogP contribution in [0.5, 0.6) is 0 Å². The van der Waals surface area contributed by atoms with Gasteiger partial charge in [0.1, 0.15) is 0 Å². The molecule has 0 aromatic heterocycles. The average molecular weight is 241 g/mol. The molecule has 1 aliphatic rings. The molecule has 4 heteroatoms. The Labute approximate surface area is 105 Å². The van der Waals surface area contributed by atoms with Crippen molar-refractivity contribution in [1.29, 1.82) is 0 Å². The molecule has 0 unspecified atom stereocenters. The van der Waals surface area contributed by atoms with Gasteiger partial charge in [0.2, 0.25) is 0 Å². The first kappa shape index (κ1) is 14.3. The van der Waals surface area contributed by atoms with Crippen LogP contribution in [-0.4, -0.2) is 32.3 Å². The largest absolute Gasteiger partial charge is 0.381 e. The molecule has 1 aliphatic carbocycles. The number of nitrogens with one attached hydrogen (secondary N) is 1. The topological polar surface area (TPSA) is 59.6 Å². The van der Waals surface area contributed by atoms with Gasteiger partial charge in [-0.25, -0.2) is 0 Å². The minimum absolute atomic E-state index is 0.584. The normalized spacial score (nSPS) is 17.2. The summed E-state index contributed by atoms with van der Waals surface area (Å²) in [7, 11) is 0. The smallest absolute Gasteiger partial charge is 0.188 e. The summed E-state index contributed by atoms with van der Waals surface area (Å²) in [6.45, 7) is 7.68. The number of hydrogen-bond donors (Lipinski definition) is 2. The molecule has 0 aliphatic heterocycles. The van der Waals surface area contributed by atoms with Crippen LogP contribution in [0.25, 0.3) is 0 Å². The summed E-state index contributed by atoms with van der Waals surface area (Å²) in [5.74, 6) is 1.97. The lowest BCUT2D eigenvalue weighted by Gasteiger charge is -2.23. The average Bonchev–Trinajstić information content (AvgIpc) is 2.20. The summed E-state index contributed by atoms with van der Waals surface area (Å²) >= 11 is 0. The van der Waals surface area contributed by atoms with Crippen LogP contribution >= 0.6 is 0 Å². The second kappa shape index (κ2) is 8.34. The van der Waals surface area contributed by atoms with Crippen LogP contribution in [0, 0.1) is 11.8 Å². The summed E-state index contributed by atoms with van der Waals surface area (Å²) in [4.78, 5) is 4.33. The molecule has 0 aromatic rings. The van der Waals surface area contributed by atoms with Gasteiger partial charge in [0, 0.05) is 26.3 Å². The lowest BCUT2D eigenvalue weighted by molar-refractivity contribution is 0.108. The molecule has 0 spiro atoms. The fraction of sp³-hybridized carbons (Fsp3) is 0.923. The van der Waals surface area contributed by atoms with Crippen LogP contribution in [-0.2, 0) is 4.74 Å². The molecule has 100 valence electrons. The van der Waals surface area contributed by atoms with Gasteiger partial charge >= 0.3 is 0 Å². The van der Waals surface area contributed by atoms with Crippen molar-refractivity contribution in [3.8, 4) is 0 Å². The van der Waals surface area contributed by atoms with E-state index in [9.17, 15) is 0 Å². The lowest BCUT2D eigenvalue weighted by atomic mass is 9.86. The number of hydrogen-bond acceptors (Lipinski definition) is 2. The Morgan fingerprint density at radius 3 is 2.82 bits per heavy atom. The van der Waals surface area contributed by atoms with E-state index >= 15 is 0 Å².